The third kappa shape index (κ3) is 5.37. The van der Waals surface area contributed by atoms with Gasteiger partial charge in [-0.3, -0.25) is 4.79 Å². The summed E-state index contributed by atoms with van der Waals surface area (Å²) in [6, 6.07) is 5.22. The smallest absolute Gasteiger partial charge is 0.474 e. The van der Waals surface area contributed by atoms with Gasteiger partial charge in [0.15, 0.2) is 6.73 Å². The lowest BCUT2D eigenvalue weighted by Crippen LogP contribution is -2.35. The fourth-order valence-corrected chi connectivity index (χ4v) is 2.39. The first-order valence-corrected chi connectivity index (χ1v) is 7.98. The van der Waals surface area contributed by atoms with E-state index in [1.54, 1.807) is 39.0 Å². The van der Waals surface area contributed by atoms with E-state index in [1.807, 2.05) is 0 Å². The van der Waals surface area contributed by atoms with Gasteiger partial charge in [0.05, 0.1) is 6.10 Å². The van der Waals surface area contributed by atoms with Gasteiger partial charge in [-0.05, 0) is 32.4 Å². The topological polar surface area (TPSA) is 106 Å². The van der Waals surface area contributed by atoms with Crippen LogP contribution in [-0.2, 0) is 14.2 Å². The van der Waals surface area contributed by atoms with Gasteiger partial charge in [0.25, 0.3) is 0 Å². The van der Waals surface area contributed by atoms with Gasteiger partial charge < -0.3 is 29.8 Å². The van der Waals surface area contributed by atoms with Gasteiger partial charge in [0.1, 0.15) is 11.4 Å². The van der Waals surface area contributed by atoms with E-state index in [4.69, 9.17) is 14.1 Å². The Bertz CT molecular complexity index is 646. The summed E-state index contributed by atoms with van der Waals surface area (Å²) in [6.07, 6.45) is -1.08. The maximum Gasteiger partial charge on any atom is 0.495 e. The lowest BCUT2D eigenvalue weighted by Gasteiger charge is -2.21. The lowest BCUT2D eigenvalue weighted by molar-refractivity contribution is -0.119. The maximum absolute atomic E-state index is 11.8. The minimum absolute atomic E-state index is 0.0146. The number of benzene rings is 1. The molecule has 0 radical (unpaired) electrons. The Morgan fingerprint density at radius 1 is 1.32 bits per heavy atom. The van der Waals surface area contributed by atoms with E-state index in [1.165, 1.54) is 6.92 Å². The monoisotopic (exact) mass is 350 g/mol. The van der Waals surface area contributed by atoms with Gasteiger partial charge >= 0.3 is 13.2 Å². The lowest BCUT2D eigenvalue weighted by atomic mass is 9.78. The van der Waals surface area contributed by atoms with Gasteiger partial charge in [-0.2, -0.15) is 0 Å². The Kier molecular flexibility index (Phi) is 5.91. The van der Waals surface area contributed by atoms with Gasteiger partial charge in [0.2, 0.25) is 5.91 Å². The Morgan fingerprint density at radius 2 is 2.04 bits per heavy atom. The first-order chi connectivity index (χ1) is 11.7. The van der Waals surface area contributed by atoms with E-state index >= 15 is 0 Å². The molecule has 25 heavy (non-hydrogen) atoms. The Labute approximate surface area is 147 Å². The largest absolute Gasteiger partial charge is 0.495 e. The van der Waals surface area contributed by atoms with Gasteiger partial charge in [0, 0.05) is 18.9 Å². The molecule has 1 unspecified atom stereocenters. The number of alkyl carbamates (subject to hydrolysis) is 1. The van der Waals surface area contributed by atoms with E-state index in [0.29, 0.717) is 16.8 Å². The number of nitrogens with one attached hydrogen (secondary N) is 2. The average Bonchev–Trinajstić information content (AvgIpc) is 2.80. The third-order valence-electron chi connectivity index (χ3n) is 3.37. The highest BCUT2D eigenvalue weighted by Gasteiger charge is 2.38. The van der Waals surface area contributed by atoms with Crippen LogP contribution in [0.5, 0.6) is 5.75 Å². The molecule has 1 aliphatic heterocycles. The molecule has 0 saturated carbocycles. The van der Waals surface area contributed by atoms with E-state index < -0.39 is 24.9 Å². The van der Waals surface area contributed by atoms with Crippen LogP contribution >= 0.6 is 0 Å². The number of ether oxygens (including phenoxy) is 2. The zero-order chi connectivity index (χ0) is 18.6. The van der Waals surface area contributed by atoms with Crippen molar-refractivity contribution >= 4 is 24.6 Å². The number of amides is 2. The van der Waals surface area contributed by atoms with E-state index in [2.05, 4.69) is 10.6 Å². The molecular weight excluding hydrogens is 327 g/mol. The molecule has 1 aromatic rings. The summed E-state index contributed by atoms with van der Waals surface area (Å²) < 4.78 is 16.2. The van der Waals surface area contributed by atoms with Gasteiger partial charge in [-0.25, -0.2) is 4.79 Å². The quantitative estimate of drug-likeness (QED) is 0.526. The van der Waals surface area contributed by atoms with Gasteiger partial charge in [-0.15, -0.1) is 0 Å². The summed E-state index contributed by atoms with van der Waals surface area (Å²) in [5.41, 5.74) is 0.607. The second kappa shape index (κ2) is 7.75. The summed E-state index contributed by atoms with van der Waals surface area (Å²) in [6.45, 7) is 6.84. The van der Waals surface area contributed by atoms with Crippen LogP contribution in [-0.4, -0.2) is 43.0 Å². The molecule has 136 valence electrons. The van der Waals surface area contributed by atoms with Crippen LogP contribution in [0.3, 0.4) is 0 Å². The number of rotatable bonds is 5. The zero-order valence-electron chi connectivity index (χ0n) is 14.8. The Morgan fingerprint density at radius 3 is 2.68 bits per heavy atom. The molecule has 0 aromatic heterocycles. The van der Waals surface area contributed by atoms with Crippen molar-refractivity contribution in [3.8, 4) is 5.75 Å². The molecular formula is C16H23BN2O6. The van der Waals surface area contributed by atoms with Crippen LogP contribution < -0.4 is 20.8 Å². The summed E-state index contributed by atoms with van der Waals surface area (Å²) in [7, 11) is -1.17. The molecule has 9 heteroatoms. The summed E-state index contributed by atoms with van der Waals surface area (Å²) in [5.74, 6) is 0.197. The van der Waals surface area contributed by atoms with E-state index in [9.17, 15) is 14.6 Å². The minimum atomic E-state index is -1.17. The molecule has 3 N–H and O–H groups in total. The fraction of sp³-hybridized carbons (Fsp3) is 0.500. The van der Waals surface area contributed by atoms with Crippen molar-refractivity contribution in [2.75, 3.05) is 13.3 Å². The predicted octanol–water partition coefficient (Wildman–Crippen LogP) is 0.442. The van der Waals surface area contributed by atoms with Crippen LogP contribution in [0.2, 0.25) is 0 Å². The fourth-order valence-electron chi connectivity index (χ4n) is 2.39. The molecule has 0 bridgehead atoms. The SMILES string of the molecule is CC(=O)NCOc1cccc2c1B(O)OC2CNC(=O)OC(C)(C)C. The maximum atomic E-state index is 11.8. The summed E-state index contributed by atoms with van der Waals surface area (Å²) in [5, 5.41) is 15.3. The molecule has 0 aliphatic carbocycles. The van der Waals surface area contributed by atoms with E-state index in [0.717, 1.165) is 0 Å². The molecule has 2 amide bonds. The van der Waals surface area contributed by atoms with Crippen molar-refractivity contribution in [2.24, 2.45) is 0 Å². The standard InChI is InChI=1S/C16H23BN2O6/c1-10(20)19-9-23-12-7-5-6-11-13(25-17(22)14(11)12)8-18-15(21)24-16(2,3)4/h5-7,13,22H,8-9H2,1-4H3,(H,18,21)(H,19,20). The molecule has 1 aromatic carbocycles. The Hall–Kier alpha value is -2.26. The molecule has 0 saturated heterocycles. The first-order valence-electron chi connectivity index (χ1n) is 7.98. The predicted molar refractivity (Wildman–Crippen MR) is 91.4 cm³/mol. The molecule has 2 rings (SSSR count). The molecule has 0 fully saturated rings. The van der Waals surface area contributed by atoms with Crippen molar-refractivity contribution < 1.29 is 28.7 Å². The molecule has 1 heterocycles. The van der Waals surface area contributed by atoms with E-state index in [-0.39, 0.29) is 19.2 Å². The highest BCUT2D eigenvalue weighted by atomic mass is 16.6. The molecule has 1 aliphatic rings. The Balaban J connectivity index is 2.02. The second-order valence-corrected chi connectivity index (χ2v) is 6.64. The number of carbonyl (C=O) groups excluding carboxylic acids is 2. The minimum Gasteiger partial charge on any atom is -0.474 e. The summed E-state index contributed by atoms with van der Waals surface area (Å²) in [4.78, 5) is 22.7. The first kappa shape index (κ1) is 19.1. The number of fused-ring (bicyclic) bond motifs is 1. The van der Waals surface area contributed by atoms with Crippen molar-refractivity contribution in [1.29, 1.82) is 0 Å². The van der Waals surface area contributed by atoms with Crippen LogP contribution in [0.25, 0.3) is 0 Å². The highest BCUT2D eigenvalue weighted by Crippen LogP contribution is 2.27. The molecule has 8 nitrogen and oxygen atoms in total. The third-order valence-corrected chi connectivity index (χ3v) is 3.37. The van der Waals surface area contributed by atoms with Crippen LogP contribution in [0.4, 0.5) is 4.79 Å². The van der Waals surface area contributed by atoms with Crippen molar-refractivity contribution in [1.82, 2.24) is 10.6 Å². The number of hydrogen-bond donors (Lipinski definition) is 3. The van der Waals surface area contributed by atoms with Gasteiger partial charge in [-0.1, -0.05) is 12.1 Å². The molecule has 0 spiro atoms. The highest BCUT2D eigenvalue weighted by molar-refractivity contribution is 6.62. The van der Waals surface area contributed by atoms with Crippen molar-refractivity contribution in [3.63, 3.8) is 0 Å². The second-order valence-electron chi connectivity index (χ2n) is 6.64. The van der Waals surface area contributed by atoms with Crippen molar-refractivity contribution in [3.05, 3.63) is 23.8 Å². The van der Waals surface area contributed by atoms with Crippen LogP contribution in [0.15, 0.2) is 18.2 Å². The van der Waals surface area contributed by atoms with Crippen molar-refractivity contribution in [2.45, 2.75) is 39.4 Å². The zero-order valence-corrected chi connectivity index (χ0v) is 14.8. The van der Waals surface area contributed by atoms with Crippen LogP contribution in [0.1, 0.15) is 39.4 Å². The number of hydrogen-bond acceptors (Lipinski definition) is 6. The average molecular weight is 350 g/mol. The normalized spacial score (nSPS) is 16.2. The molecule has 1 atom stereocenters. The number of carbonyl (C=O) groups is 2. The van der Waals surface area contributed by atoms with Crippen LogP contribution in [0, 0.1) is 0 Å². The summed E-state index contributed by atoms with van der Waals surface area (Å²) >= 11 is 0.